The Kier molecular flexibility index (Phi) is 4.31. The Balaban J connectivity index is 0.00000196. The smallest absolute Gasteiger partial charge is 0.262 e. The normalized spacial score (nSPS) is 12.8. The molecule has 0 radical (unpaired) electrons. The SMILES string of the molecule is C.Cc1noc(C)c1-c1cc2c(c(-c3c(C)noc3C)c1)OCC(=O)N2. The molecule has 0 fully saturated rings. The summed E-state index contributed by atoms with van der Waals surface area (Å²) in [6.07, 6.45) is 0. The molecule has 7 nitrogen and oxygen atoms in total. The summed E-state index contributed by atoms with van der Waals surface area (Å²) in [6, 6.07) is 3.87. The number of amides is 1. The van der Waals surface area contributed by atoms with E-state index in [1.165, 1.54) is 0 Å². The summed E-state index contributed by atoms with van der Waals surface area (Å²) in [5, 5.41) is 10.9. The monoisotopic (exact) mass is 355 g/mol. The van der Waals surface area contributed by atoms with E-state index in [0.717, 1.165) is 33.6 Å². The van der Waals surface area contributed by atoms with Crippen molar-refractivity contribution in [1.29, 1.82) is 0 Å². The van der Waals surface area contributed by atoms with E-state index in [0.29, 0.717) is 23.0 Å². The van der Waals surface area contributed by atoms with Crippen molar-refractivity contribution in [2.75, 3.05) is 11.9 Å². The molecule has 0 saturated carbocycles. The first-order valence-corrected chi connectivity index (χ1v) is 7.93. The van der Waals surface area contributed by atoms with Crippen LogP contribution in [0.25, 0.3) is 22.3 Å². The van der Waals surface area contributed by atoms with E-state index in [2.05, 4.69) is 15.6 Å². The highest BCUT2D eigenvalue weighted by Crippen LogP contribution is 2.44. The summed E-state index contributed by atoms with van der Waals surface area (Å²) < 4.78 is 16.3. The summed E-state index contributed by atoms with van der Waals surface area (Å²) >= 11 is 0. The van der Waals surface area contributed by atoms with Crippen LogP contribution in [0.3, 0.4) is 0 Å². The lowest BCUT2D eigenvalue weighted by Crippen LogP contribution is -2.25. The van der Waals surface area contributed by atoms with E-state index in [-0.39, 0.29) is 19.9 Å². The van der Waals surface area contributed by atoms with Crippen molar-refractivity contribution in [3.63, 3.8) is 0 Å². The number of aryl methyl sites for hydroxylation is 4. The van der Waals surface area contributed by atoms with Gasteiger partial charge in [-0.05, 0) is 45.4 Å². The van der Waals surface area contributed by atoms with Gasteiger partial charge in [0.2, 0.25) is 0 Å². The van der Waals surface area contributed by atoms with E-state index < -0.39 is 0 Å². The molecule has 1 aliphatic heterocycles. The Morgan fingerprint density at radius 3 is 2.15 bits per heavy atom. The number of nitrogens with zero attached hydrogens (tertiary/aromatic N) is 2. The molecule has 1 aliphatic rings. The predicted molar refractivity (Wildman–Crippen MR) is 97.2 cm³/mol. The lowest BCUT2D eigenvalue weighted by molar-refractivity contribution is -0.118. The van der Waals surface area contributed by atoms with Crippen LogP contribution in [0.15, 0.2) is 21.2 Å². The van der Waals surface area contributed by atoms with Gasteiger partial charge >= 0.3 is 0 Å². The number of aromatic nitrogens is 2. The summed E-state index contributed by atoms with van der Waals surface area (Å²) in [5.74, 6) is 1.83. The van der Waals surface area contributed by atoms with E-state index in [4.69, 9.17) is 13.8 Å². The zero-order chi connectivity index (χ0) is 17.7. The average molecular weight is 355 g/mol. The summed E-state index contributed by atoms with van der Waals surface area (Å²) in [6.45, 7) is 7.46. The van der Waals surface area contributed by atoms with Gasteiger partial charge in [-0.25, -0.2) is 0 Å². The fraction of sp³-hybridized carbons (Fsp3) is 0.316. The first kappa shape index (κ1) is 17.7. The molecule has 1 N–H and O–H groups in total. The molecule has 4 rings (SSSR count). The zero-order valence-corrected chi connectivity index (χ0v) is 14.4. The number of anilines is 1. The maximum absolute atomic E-state index is 11.8. The highest BCUT2D eigenvalue weighted by Gasteiger charge is 2.26. The third kappa shape index (κ3) is 2.65. The van der Waals surface area contributed by atoms with Crippen LogP contribution in [-0.2, 0) is 4.79 Å². The van der Waals surface area contributed by atoms with E-state index in [1.807, 2.05) is 39.8 Å². The third-order valence-corrected chi connectivity index (χ3v) is 4.34. The quantitative estimate of drug-likeness (QED) is 0.741. The standard InChI is InChI=1S/C18H17N3O4.CH4/c1-8-16(10(3)24-20-8)12-5-13(17-9(2)21-25-11(17)4)18-14(6-12)19-15(22)7-23-18;/h5-6H,7H2,1-4H3,(H,19,22);1H4. The zero-order valence-electron chi connectivity index (χ0n) is 14.4. The van der Waals surface area contributed by atoms with Crippen molar-refractivity contribution in [1.82, 2.24) is 10.3 Å². The van der Waals surface area contributed by atoms with Crippen molar-refractivity contribution in [3.05, 3.63) is 35.0 Å². The number of hydrogen-bond donors (Lipinski definition) is 1. The average Bonchev–Trinajstić information content (AvgIpc) is 3.08. The van der Waals surface area contributed by atoms with Gasteiger partial charge in [-0.3, -0.25) is 4.79 Å². The molecule has 0 spiro atoms. The van der Waals surface area contributed by atoms with Gasteiger partial charge < -0.3 is 19.1 Å². The number of carbonyl (C=O) groups is 1. The molecular formula is C19H21N3O4. The molecule has 1 aromatic carbocycles. The minimum atomic E-state index is -0.187. The van der Waals surface area contributed by atoms with Crippen molar-refractivity contribution in [2.45, 2.75) is 35.1 Å². The van der Waals surface area contributed by atoms with Crippen LogP contribution in [-0.4, -0.2) is 22.8 Å². The van der Waals surface area contributed by atoms with Gasteiger partial charge in [-0.2, -0.15) is 0 Å². The maximum Gasteiger partial charge on any atom is 0.262 e. The lowest BCUT2D eigenvalue weighted by Gasteiger charge is -2.22. The molecule has 1 amide bonds. The third-order valence-electron chi connectivity index (χ3n) is 4.34. The lowest BCUT2D eigenvalue weighted by atomic mass is 9.95. The maximum atomic E-state index is 11.8. The summed E-state index contributed by atoms with van der Waals surface area (Å²) in [5.41, 5.74) is 5.63. The molecular weight excluding hydrogens is 334 g/mol. The minimum Gasteiger partial charge on any atom is -0.481 e. The fourth-order valence-electron chi connectivity index (χ4n) is 3.29. The minimum absolute atomic E-state index is 0. The Morgan fingerprint density at radius 2 is 1.58 bits per heavy atom. The second-order valence-electron chi connectivity index (χ2n) is 6.14. The van der Waals surface area contributed by atoms with Gasteiger partial charge in [0.15, 0.2) is 12.4 Å². The van der Waals surface area contributed by atoms with Crippen LogP contribution < -0.4 is 10.1 Å². The van der Waals surface area contributed by atoms with Gasteiger partial charge in [0, 0.05) is 11.1 Å². The molecule has 0 unspecified atom stereocenters. The highest BCUT2D eigenvalue weighted by molar-refractivity contribution is 5.99. The number of rotatable bonds is 2. The number of ether oxygens (including phenoxy) is 1. The van der Waals surface area contributed by atoms with Crippen LogP contribution in [0.2, 0.25) is 0 Å². The van der Waals surface area contributed by atoms with E-state index in [1.54, 1.807) is 0 Å². The molecule has 26 heavy (non-hydrogen) atoms. The van der Waals surface area contributed by atoms with Crippen LogP contribution in [0.1, 0.15) is 30.3 Å². The van der Waals surface area contributed by atoms with Crippen LogP contribution in [0.4, 0.5) is 5.69 Å². The van der Waals surface area contributed by atoms with Crippen LogP contribution in [0.5, 0.6) is 5.75 Å². The summed E-state index contributed by atoms with van der Waals surface area (Å²) in [7, 11) is 0. The molecule has 0 saturated heterocycles. The molecule has 0 aliphatic carbocycles. The predicted octanol–water partition coefficient (Wildman–Crippen LogP) is 4.20. The largest absolute Gasteiger partial charge is 0.481 e. The molecule has 3 heterocycles. The number of hydrogen-bond acceptors (Lipinski definition) is 6. The van der Waals surface area contributed by atoms with Crippen molar-refractivity contribution in [2.24, 2.45) is 0 Å². The summed E-state index contributed by atoms with van der Waals surface area (Å²) in [4.78, 5) is 11.8. The number of nitrogens with one attached hydrogen (secondary N) is 1. The molecule has 136 valence electrons. The number of carbonyl (C=O) groups excluding carboxylic acids is 1. The van der Waals surface area contributed by atoms with Gasteiger partial charge in [0.25, 0.3) is 5.91 Å². The van der Waals surface area contributed by atoms with Gasteiger partial charge in [0.1, 0.15) is 11.5 Å². The Labute approximate surface area is 151 Å². The Bertz CT molecular complexity index is 962. The Hall–Kier alpha value is -3.09. The Morgan fingerprint density at radius 1 is 0.962 bits per heavy atom. The number of benzene rings is 1. The highest BCUT2D eigenvalue weighted by atomic mass is 16.5. The van der Waals surface area contributed by atoms with Gasteiger partial charge in [-0.15, -0.1) is 0 Å². The second-order valence-corrected chi connectivity index (χ2v) is 6.14. The second kappa shape index (κ2) is 6.33. The van der Waals surface area contributed by atoms with Crippen LogP contribution in [0, 0.1) is 27.7 Å². The van der Waals surface area contributed by atoms with Crippen molar-refractivity contribution < 1.29 is 18.6 Å². The van der Waals surface area contributed by atoms with Crippen LogP contribution >= 0.6 is 0 Å². The van der Waals surface area contributed by atoms with E-state index in [9.17, 15) is 4.79 Å². The fourth-order valence-corrected chi connectivity index (χ4v) is 3.29. The first-order valence-electron chi connectivity index (χ1n) is 7.93. The van der Waals surface area contributed by atoms with Crippen molar-refractivity contribution in [3.8, 4) is 28.0 Å². The molecule has 2 aromatic heterocycles. The van der Waals surface area contributed by atoms with Gasteiger partial charge in [0.05, 0.1) is 22.6 Å². The molecule has 3 aromatic rings. The first-order chi connectivity index (χ1) is 12.0. The van der Waals surface area contributed by atoms with E-state index >= 15 is 0 Å². The molecule has 0 atom stereocenters. The van der Waals surface area contributed by atoms with Crippen molar-refractivity contribution >= 4 is 11.6 Å². The topological polar surface area (TPSA) is 90.4 Å². The molecule has 0 bridgehead atoms. The number of fused-ring (bicyclic) bond motifs is 1. The molecule has 7 heteroatoms. The van der Waals surface area contributed by atoms with Gasteiger partial charge in [-0.1, -0.05) is 17.7 Å².